The van der Waals surface area contributed by atoms with Gasteiger partial charge in [0.1, 0.15) is 6.04 Å². The number of benzene rings is 2. The summed E-state index contributed by atoms with van der Waals surface area (Å²) in [6.07, 6.45) is 2.18. The number of anilines is 2. The standard InChI is InChI=1S/C26H35N3O4S/c1-8-26(5,6)25(31)29-15-20-12-10-9-11-19(20)14-21(29)24(30)27-22-16(2)13-17(3)23(18(22)4)28-34(7,32)33/h9-13,21,28H,8,14-15H2,1-7H3,(H,27,30)/t21-/m0/s1. The average molecular weight is 486 g/mol. The van der Waals surface area contributed by atoms with Crippen LogP contribution in [0.5, 0.6) is 0 Å². The predicted octanol–water partition coefficient (Wildman–Crippen LogP) is 4.31. The first kappa shape index (κ1) is 25.7. The van der Waals surface area contributed by atoms with Crippen LogP contribution in [0.1, 0.15) is 55.0 Å². The Morgan fingerprint density at radius 2 is 1.65 bits per heavy atom. The van der Waals surface area contributed by atoms with Gasteiger partial charge < -0.3 is 10.2 Å². The number of sulfonamides is 1. The first-order valence-electron chi connectivity index (χ1n) is 11.5. The van der Waals surface area contributed by atoms with Crippen LogP contribution in [0.15, 0.2) is 30.3 Å². The molecule has 34 heavy (non-hydrogen) atoms. The van der Waals surface area contributed by atoms with Crippen molar-refractivity contribution in [2.75, 3.05) is 16.3 Å². The number of hydrogen-bond donors (Lipinski definition) is 2. The Morgan fingerprint density at radius 1 is 1.06 bits per heavy atom. The summed E-state index contributed by atoms with van der Waals surface area (Å²) in [5.74, 6) is -0.337. The monoisotopic (exact) mass is 485 g/mol. The minimum atomic E-state index is -3.49. The van der Waals surface area contributed by atoms with E-state index in [2.05, 4.69) is 10.0 Å². The van der Waals surface area contributed by atoms with Gasteiger partial charge in [-0.3, -0.25) is 14.3 Å². The Kier molecular flexibility index (Phi) is 7.12. The largest absolute Gasteiger partial charge is 0.326 e. The molecule has 1 heterocycles. The third-order valence-electron chi connectivity index (χ3n) is 6.78. The van der Waals surface area contributed by atoms with Crippen molar-refractivity contribution in [1.29, 1.82) is 0 Å². The van der Waals surface area contributed by atoms with E-state index in [0.29, 0.717) is 36.3 Å². The second-order valence-electron chi connectivity index (χ2n) is 9.91. The molecule has 1 aliphatic heterocycles. The average Bonchev–Trinajstić information content (AvgIpc) is 2.77. The van der Waals surface area contributed by atoms with Gasteiger partial charge in [0.05, 0.1) is 11.9 Å². The van der Waals surface area contributed by atoms with Gasteiger partial charge in [0.15, 0.2) is 0 Å². The molecule has 2 aromatic carbocycles. The van der Waals surface area contributed by atoms with E-state index >= 15 is 0 Å². The van der Waals surface area contributed by atoms with Crippen molar-refractivity contribution in [3.8, 4) is 0 Å². The van der Waals surface area contributed by atoms with Gasteiger partial charge in [0.2, 0.25) is 21.8 Å². The fraction of sp³-hybridized carbons (Fsp3) is 0.462. The van der Waals surface area contributed by atoms with E-state index in [0.717, 1.165) is 28.5 Å². The first-order chi connectivity index (χ1) is 15.7. The highest BCUT2D eigenvalue weighted by Gasteiger charge is 2.40. The number of rotatable bonds is 6. The zero-order valence-corrected chi connectivity index (χ0v) is 21.9. The zero-order chi connectivity index (χ0) is 25.4. The second kappa shape index (κ2) is 9.41. The number of aryl methyl sites for hydroxylation is 2. The second-order valence-corrected chi connectivity index (χ2v) is 11.7. The van der Waals surface area contributed by atoms with Crippen LogP contribution in [0.3, 0.4) is 0 Å². The third-order valence-corrected chi connectivity index (χ3v) is 7.36. The summed E-state index contributed by atoms with van der Waals surface area (Å²) in [5.41, 5.74) is 4.76. The number of hydrogen-bond acceptors (Lipinski definition) is 4. The molecule has 1 aliphatic rings. The number of nitrogens with zero attached hydrogens (tertiary/aromatic N) is 1. The van der Waals surface area contributed by atoms with Crippen molar-refractivity contribution in [2.24, 2.45) is 5.41 Å². The smallest absolute Gasteiger partial charge is 0.247 e. The zero-order valence-electron chi connectivity index (χ0n) is 21.1. The topological polar surface area (TPSA) is 95.6 Å². The molecule has 0 aromatic heterocycles. The van der Waals surface area contributed by atoms with Crippen LogP contribution in [0.2, 0.25) is 0 Å². The van der Waals surface area contributed by atoms with Crippen LogP contribution in [0.25, 0.3) is 0 Å². The Balaban J connectivity index is 2.00. The summed E-state index contributed by atoms with van der Waals surface area (Å²) in [4.78, 5) is 28.8. The summed E-state index contributed by atoms with van der Waals surface area (Å²) in [7, 11) is -3.49. The Bertz CT molecular complexity index is 1230. The van der Waals surface area contributed by atoms with E-state index in [9.17, 15) is 18.0 Å². The molecular formula is C26H35N3O4S. The lowest BCUT2D eigenvalue weighted by Crippen LogP contribution is -2.54. The summed E-state index contributed by atoms with van der Waals surface area (Å²) in [6, 6.07) is 9.06. The van der Waals surface area contributed by atoms with Crippen LogP contribution in [0, 0.1) is 26.2 Å². The lowest BCUT2D eigenvalue weighted by molar-refractivity contribution is -0.147. The molecule has 0 saturated carbocycles. The van der Waals surface area contributed by atoms with Crippen LogP contribution in [-0.4, -0.2) is 37.4 Å². The minimum absolute atomic E-state index is 0.0542. The molecule has 2 N–H and O–H groups in total. The molecule has 7 nitrogen and oxygen atoms in total. The van der Waals surface area contributed by atoms with Crippen LogP contribution in [-0.2, 0) is 32.6 Å². The summed E-state index contributed by atoms with van der Waals surface area (Å²) < 4.78 is 26.3. The molecule has 3 rings (SSSR count). The molecule has 184 valence electrons. The van der Waals surface area contributed by atoms with E-state index in [-0.39, 0.29) is 11.8 Å². The van der Waals surface area contributed by atoms with E-state index < -0.39 is 21.5 Å². The molecule has 0 radical (unpaired) electrons. The van der Waals surface area contributed by atoms with Gasteiger partial charge in [-0.2, -0.15) is 0 Å². The SMILES string of the molecule is CCC(C)(C)C(=O)N1Cc2ccccc2C[C@H]1C(=O)Nc1c(C)cc(C)c(NS(C)(=O)=O)c1C. The molecule has 2 aromatic rings. The molecule has 0 saturated heterocycles. The Labute approximate surface area is 203 Å². The highest BCUT2D eigenvalue weighted by Crippen LogP contribution is 2.34. The van der Waals surface area contributed by atoms with Crippen molar-refractivity contribution in [3.05, 3.63) is 58.1 Å². The van der Waals surface area contributed by atoms with Gasteiger partial charge in [-0.1, -0.05) is 51.1 Å². The highest BCUT2D eigenvalue weighted by molar-refractivity contribution is 7.92. The summed E-state index contributed by atoms with van der Waals surface area (Å²) in [5, 5.41) is 3.02. The third kappa shape index (κ3) is 5.27. The molecule has 8 heteroatoms. The van der Waals surface area contributed by atoms with Gasteiger partial charge in [-0.15, -0.1) is 0 Å². The molecule has 1 atom stereocenters. The molecule has 2 amide bonds. The maximum Gasteiger partial charge on any atom is 0.247 e. The predicted molar refractivity (Wildman–Crippen MR) is 136 cm³/mol. The highest BCUT2D eigenvalue weighted by atomic mass is 32.2. The van der Waals surface area contributed by atoms with Crippen molar-refractivity contribution >= 4 is 33.2 Å². The first-order valence-corrected chi connectivity index (χ1v) is 13.4. The van der Waals surface area contributed by atoms with E-state index in [1.807, 2.05) is 65.0 Å². The van der Waals surface area contributed by atoms with Crippen molar-refractivity contribution in [1.82, 2.24) is 4.90 Å². The van der Waals surface area contributed by atoms with Crippen LogP contribution < -0.4 is 10.0 Å². The molecule has 0 bridgehead atoms. The molecule has 0 fully saturated rings. The van der Waals surface area contributed by atoms with E-state index in [1.165, 1.54) is 0 Å². The summed E-state index contributed by atoms with van der Waals surface area (Å²) >= 11 is 0. The van der Waals surface area contributed by atoms with E-state index in [1.54, 1.807) is 11.8 Å². The van der Waals surface area contributed by atoms with Crippen molar-refractivity contribution in [2.45, 2.75) is 67.0 Å². The number of amides is 2. The number of carbonyl (C=O) groups excluding carboxylic acids is 2. The lowest BCUT2D eigenvalue weighted by Gasteiger charge is -2.40. The van der Waals surface area contributed by atoms with Crippen LogP contribution in [0.4, 0.5) is 11.4 Å². The van der Waals surface area contributed by atoms with Gasteiger partial charge in [-0.05, 0) is 55.0 Å². The number of carbonyl (C=O) groups is 2. The fourth-order valence-corrected chi connectivity index (χ4v) is 5.12. The molecular weight excluding hydrogens is 450 g/mol. The Morgan fingerprint density at radius 3 is 2.24 bits per heavy atom. The normalized spacial score (nSPS) is 16.1. The maximum absolute atomic E-state index is 13.6. The number of nitrogens with one attached hydrogen (secondary N) is 2. The molecule has 0 spiro atoms. The maximum atomic E-state index is 13.6. The Hall–Kier alpha value is -2.87. The summed E-state index contributed by atoms with van der Waals surface area (Å²) in [6.45, 7) is 11.6. The van der Waals surface area contributed by atoms with E-state index in [4.69, 9.17) is 0 Å². The van der Waals surface area contributed by atoms with Gasteiger partial charge in [0, 0.05) is 24.1 Å². The molecule has 0 aliphatic carbocycles. The minimum Gasteiger partial charge on any atom is -0.326 e. The fourth-order valence-electron chi connectivity index (χ4n) is 4.44. The quantitative estimate of drug-likeness (QED) is 0.637. The van der Waals surface area contributed by atoms with Gasteiger partial charge in [-0.25, -0.2) is 8.42 Å². The van der Waals surface area contributed by atoms with Gasteiger partial charge in [0.25, 0.3) is 0 Å². The lowest BCUT2D eigenvalue weighted by atomic mass is 9.85. The van der Waals surface area contributed by atoms with Crippen LogP contribution >= 0.6 is 0 Å². The van der Waals surface area contributed by atoms with Gasteiger partial charge >= 0.3 is 0 Å². The van der Waals surface area contributed by atoms with Crippen molar-refractivity contribution in [3.63, 3.8) is 0 Å². The number of fused-ring (bicyclic) bond motifs is 1. The van der Waals surface area contributed by atoms with Crippen molar-refractivity contribution < 1.29 is 18.0 Å². The molecule has 0 unspecified atom stereocenters.